The number of ether oxygens (including phenoxy) is 2. The van der Waals surface area contributed by atoms with E-state index in [2.05, 4.69) is 30.2 Å². The molecule has 1 aromatic heterocycles. The number of amides is 2. The normalized spacial score (nSPS) is 14.4. The Kier molecular flexibility index (Phi) is 6.37. The van der Waals surface area contributed by atoms with Gasteiger partial charge in [-0.05, 0) is 19.1 Å². The number of morpholine rings is 1. The molecule has 1 saturated heterocycles. The number of urea groups is 1. The number of para-hydroxylation sites is 2. The van der Waals surface area contributed by atoms with Gasteiger partial charge in [-0.2, -0.15) is 0 Å². The third-order valence-electron chi connectivity index (χ3n) is 3.99. The van der Waals surface area contributed by atoms with Gasteiger partial charge in [0, 0.05) is 24.8 Å². The lowest BCUT2D eigenvalue weighted by Crippen LogP contribution is -2.37. The molecule has 1 aromatic carbocycles. The first-order valence-electron chi connectivity index (χ1n) is 8.87. The van der Waals surface area contributed by atoms with Gasteiger partial charge in [0.2, 0.25) is 0 Å². The largest absolute Gasteiger partial charge is 0.573 e. The summed E-state index contributed by atoms with van der Waals surface area (Å²) in [6.45, 7) is 4.46. The Hall–Kier alpha value is -3.08. The Bertz CT molecular complexity index is 857. The summed E-state index contributed by atoms with van der Waals surface area (Å²) in [5.74, 6) is 0.625. The second-order valence-corrected chi connectivity index (χ2v) is 6.23. The van der Waals surface area contributed by atoms with Crippen LogP contribution < -0.4 is 20.3 Å². The van der Waals surface area contributed by atoms with Crippen molar-refractivity contribution in [3.8, 4) is 5.75 Å². The summed E-state index contributed by atoms with van der Waals surface area (Å²) in [4.78, 5) is 22.9. The maximum Gasteiger partial charge on any atom is 0.573 e. The van der Waals surface area contributed by atoms with E-state index in [4.69, 9.17) is 4.74 Å². The fraction of sp³-hybridized carbons (Fsp3) is 0.389. The predicted octanol–water partition coefficient (Wildman–Crippen LogP) is 2.84. The van der Waals surface area contributed by atoms with Crippen molar-refractivity contribution < 1.29 is 27.4 Å². The summed E-state index contributed by atoms with van der Waals surface area (Å²) in [7, 11) is 0. The van der Waals surface area contributed by atoms with Gasteiger partial charge in [-0.15, -0.1) is 13.2 Å². The average molecular weight is 411 g/mol. The molecule has 1 fully saturated rings. The number of rotatable bonds is 5. The number of hydrogen-bond acceptors (Lipinski definition) is 6. The van der Waals surface area contributed by atoms with Gasteiger partial charge in [-0.3, -0.25) is 0 Å². The van der Waals surface area contributed by atoms with Gasteiger partial charge >= 0.3 is 12.4 Å². The fourth-order valence-corrected chi connectivity index (χ4v) is 2.76. The molecule has 1 aliphatic heterocycles. The van der Waals surface area contributed by atoms with Crippen LogP contribution in [0.15, 0.2) is 30.3 Å². The molecule has 3 rings (SSSR count). The molecule has 0 saturated carbocycles. The van der Waals surface area contributed by atoms with Crippen LogP contribution in [0.25, 0.3) is 0 Å². The maximum atomic E-state index is 12.5. The Morgan fingerprint density at radius 2 is 1.97 bits per heavy atom. The lowest BCUT2D eigenvalue weighted by molar-refractivity contribution is -0.274. The number of nitrogens with zero attached hydrogens (tertiary/aromatic N) is 3. The monoisotopic (exact) mass is 411 g/mol. The first-order chi connectivity index (χ1) is 13.8. The average Bonchev–Trinajstić information content (AvgIpc) is 2.67. The molecular weight excluding hydrogens is 391 g/mol. The molecule has 0 bridgehead atoms. The number of carbonyl (C=O) groups excluding carboxylic acids is 1. The Morgan fingerprint density at radius 1 is 1.24 bits per heavy atom. The van der Waals surface area contributed by atoms with Crippen LogP contribution in [-0.2, 0) is 11.3 Å². The number of alkyl halides is 3. The molecule has 11 heteroatoms. The minimum Gasteiger partial charge on any atom is -0.404 e. The van der Waals surface area contributed by atoms with Gasteiger partial charge in [0.15, 0.2) is 5.75 Å². The van der Waals surface area contributed by atoms with Crippen LogP contribution in [0.5, 0.6) is 5.75 Å². The predicted molar refractivity (Wildman–Crippen MR) is 98.8 cm³/mol. The van der Waals surface area contributed by atoms with E-state index >= 15 is 0 Å². The van der Waals surface area contributed by atoms with Crippen molar-refractivity contribution in [1.29, 1.82) is 0 Å². The lowest BCUT2D eigenvalue weighted by atomic mass is 10.3. The number of hydrogen-bond donors (Lipinski definition) is 2. The molecular formula is C18H20F3N5O3. The van der Waals surface area contributed by atoms with E-state index in [1.807, 2.05) is 13.0 Å². The number of aryl methyl sites for hydroxylation is 1. The van der Waals surface area contributed by atoms with Crippen molar-refractivity contribution in [3.05, 3.63) is 41.9 Å². The van der Waals surface area contributed by atoms with E-state index in [1.165, 1.54) is 18.2 Å². The van der Waals surface area contributed by atoms with Crippen molar-refractivity contribution in [2.24, 2.45) is 0 Å². The first kappa shape index (κ1) is 20.6. The Morgan fingerprint density at radius 3 is 2.69 bits per heavy atom. The summed E-state index contributed by atoms with van der Waals surface area (Å²) in [6.07, 6.45) is -4.86. The van der Waals surface area contributed by atoms with Crippen LogP contribution in [0, 0.1) is 6.92 Å². The number of carbonyl (C=O) groups is 1. The third kappa shape index (κ3) is 6.21. The molecule has 2 heterocycles. The van der Waals surface area contributed by atoms with Crippen LogP contribution in [0.1, 0.15) is 11.5 Å². The van der Waals surface area contributed by atoms with E-state index < -0.39 is 18.1 Å². The standard InChI is InChI=1S/C18H20F3N5O3/c1-12-10-16(26-6-8-28-9-7-26)25-15(23-12)11-22-17(27)24-13-4-2-3-5-14(13)29-18(19,20)21/h2-5,10H,6-9,11H2,1H3,(H2,22,24,27). The highest BCUT2D eigenvalue weighted by Gasteiger charge is 2.32. The zero-order valence-corrected chi connectivity index (χ0v) is 15.6. The van der Waals surface area contributed by atoms with Gasteiger partial charge in [-0.25, -0.2) is 14.8 Å². The third-order valence-corrected chi connectivity index (χ3v) is 3.99. The van der Waals surface area contributed by atoms with Crippen molar-refractivity contribution in [1.82, 2.24) is 15.3 Å². The highest BCUT2D eigenvalue weighted by molar-refractivity contribution is 5.90. The molecule has 1 aliphatic rings. The van der Waals surface area contributed by atoms with E-state index in [0.717, 1.165) is 17.6 Å². The zero-order valence-electron chi connectivity index (χ0n) is 15.6. The molecule has 2 N–H and O–H groups in total. The Labute approximate surface area is 165 Å². The molecule has 0 radical (unpaired) electrons. The highest BCUT2D eigenvalue weighted by atomic mass is 19.4. The Balaban J connectivity index is 1.62. The van der Waals surface area contributed by atoms with Gasteiger partial charge in [-0.1, -0.05) is 12.1 Å². The number of benzene rings is 1. The maximum absolute atomic E-state index is 12.5. The highest BCUT2D eigenvalue weighted by Crippen LogP contribution is 2.29. The van der Waals surface area contributed by atoms with E-state index in [-0.39, 0.29) is 12.2 Å². The van der Waals surface area contributed by atoms with Gasteiger partial charge in [0.05, 0.1) is 25.4 Å². The summed E-state index contributed by atoms with van der Waals surface area (Å²) >= 11 is 0. The van der Waals surface area contributed by atoms with Crippen LogP contribution in [0.3, 0.4) is 0 Å². The second kappa shape index (κ2) is 8.95. The molecule has 0 aliphatic carbocycles. The SMILES string of the molecule is Cc1cc(N2CCOCC2)nc(CNC(=O)Nc2ccccc2OC(F)(F)F)n1. The second-order valence-electron chi connectivity index (χ2n) is 6.23. The van der Waals surface area contributed by atoms with E-state index in [9.17, 15) is 18.0 Å². The van der Waals surface area contributed by atoms with Crippen LogP contribution in [0.2, 0.25) is 0 Å². The molecule has 8 nitrogen and oxygen atoms in total. The smallest absolute Gasteiger partial charge is 0.404 e. The number of halogens is 3. The van der Waals surface area contributed by atoms with Gasteiger partial charge in [0.25, 0.3) is 0 Å². The summed E-state index contributed by atoms with van der Waals surface area (Å²) < 4.78 is 46.7. The molecule has 0 unspecified atom stereocenters. The minimum atomic E-state index is -4.86. The molecule has 0 atom stereocenters. The van der Waals surface area contributed by atoms with Crippen LogP contribution >= 0.6 is 0 Å². The summed E-state index contributed by atoms with van der Waals surface area (Å²) in [5, 5.41) is 4.88. The molecule has 156 valence electrons. The van der Waals surface area contributed by atoms with Crippen LogP contribution in [-0.4, -0.2) is 48.7 Å². The number of nitrogens with one attached hydrogen (secondary N) is 2. The summed E-state index contributed by atoms with van der Waals surface area (Å²) in [5.41, 5.74) is 0.629. The molecule has 0 spiro atoms. The molecule has 29 heavy (non-hydrogen) atoms. The first-order valence-corrected chi connectivity index (χ1v) is 8.87. The van der Waals surface area contributed by atoms with Crippen molar-refractivity contribution in [3.63, 3.8) is 0 Å². The van der Waals surface area contributed by atoms with Gasteiger partial charge in [0.1, 0.15) is 11.6 Å². The topological polar surface area (TPSA) is 88.6 Å². The lowest BCUT2D eigenvalue weighted by Gasteiger charge is -2.28. The van der Waals surface area contributed by atoms with E-state index in [0.29, 0.717) is 32.1 Å². The number of anilines is 2. The van der Waals surface area contributed by atoms with Crippen molar-refractivity contribution in [2.75, 3.05) is 36.5 Å². The summed E-state index contributed by atoms with van der Waals surface area (Å²) in [6, 6.07) is 6.41. The van der Waals surface area contributed by atoms with E-state index in [1.54, 1.807) is 0 Å². The zero-order chi connectivity index (χ0) is 20.9. The number of aromatic nitrogens is 2. The molecule has 2 aromatic rings. The van der Waals surface area contributed by atoms with Gasteiger partial charge < -0.3 is 25.0 Å². The van der Waals surface area contributed by atoms with Crippen LogP contribution in [0.4, 0.5) is 29.5 Å². The minimum absolute atomic E-state index is 0.00709. The quantitative estimate of drug-likeness (QED) is 0.787. The van der Waals surface area contributed by atoms with Crippen molar-refractivity contribution in [2.45, 2.75) is 19.8 Å². The molecule has 2 amide bonds. The fourth-order valence-electron chi connectivity index (χ4n) is 2.76. The van der Waals surface area contributed by atoms with Crippen molar-refractivity contribution >= 4 is 17.5 Å².